The number of carbonyl (C=O) groups excluding carboxylic acids is 2. The van der Waals surface area contributed by atoms with Gasteiger partial charge in [0.15, 0.2) is 17.7 Å². The first-order valence-corrected chi connectivity index (χ1v) is 14.6. The number of hydrogen-bond donors (Lipinski definition) is 3. The molecule has 44 heavy (non-hydrogen) atoms. The molecule has 15 heteroatoms. The van der Waals surface area contributed by atoms with Crippen molar-refractivity contribution in [1.29, 1.82) is 0 Å². The summed E-state index contributed by atoms with van der Waals surface area (Å²) in [6.07, 6.45) is -4.65. The summed E-state index contributed by atoms with van der Waals surface area (Å²) in [7, 11) is 1.30. The van der Waals surface area contributed by atoms with Crippen LogP contribution in [-0.2, 0) is 19.1 Å². The number of aliphatic hydroxyl groups excluding tert-OH is 3. The molecule has 0 saturated carbocycles. The van der Waals surface area contributed by atoms with Crippen molar-refractivity contribution in [3.8, 4) is 11.3 Å². The van der Waals surface area contributed by atoms with Crippen molar-refractivity contribution in [2.45, 2.75) is 56.5 Å². The number of likely N-dealkylation sites (tertiary alicyclic amines) is 1. The second kappa shape index (κ2) is 12.9. The molecule has 0 aliphatic carbocycles. The minimum atomic E-state index is -1.47. The van der Waals surface area contributed by atoms with Gasteiger partial charge in [0.1, 0.15) is 30.0 Å². The number of methoxy groups -OCH3 is 1. The number of halogens is 3. The van der Waals surface area contributed by atoms with Crippen LogP contribution in [-0.4, -0.2) is 111 Å². The standard InChI is InChI=1S/C29H32BrF2N5O7/c1-14-6-16(30)8-17(7-14)37(20-10-35(13-39)11-21(20)40)29(42)28-27(43-3)25(26(41)22(12-38)44-28)36-9-19(33-34-36)18-5-4-15(2)23(31)24(18)32/h4-9,13,20-22,25-28,38,40-41H,10-12H2,1-3H3/t20-,21-,22?,25?,26?,27?,28?/m1/s1. The number of anilines is 1. The zero-order chi connectivity index (χ0) is 31.9. The van der Waals surface area contributed by atoms with E-state index in [1.165, 1.54) is 46.8 Å². The van der Waals surface area contributed by atoms with Gasteiger partial charge < -0.3 is 34.6 Å². The molecule has 12 nitrogen and oxygen atoms in total. The fourth-order valence-corrected chi connectivity index (χ4v) is 6.46. The number of aromatic nitrogens is 3. The molecule has 0 bridgehead atoms. The molecule has 7 atom stereocenters. The molecule has 2 fully saturated rings. The van der Waals surface area contributed by atoms with Gasteiger partial charge in [-0.2, -0.15) is 0 Å². The SMILES string of the molecule is COC1C(C(=O)N(c2cc(C)cc(Br)c2)[C@@H]2CN(C=O)C[C@H]2O)OC(CO)C(O)C1n1cc(-c2ccc(C)c(F)c2F)nn1. The number of hydrogen-bond acceptors (Lipinski definition) is 9. The van der Waals surface area contributed by atoms with Crippen molar-refractivity contribution < 1.29 is 43.2 Å². The van der Waals surface area contributed by atoms with Gasteiger partial charge in [0, 0.05) is 35.9 Å². The Labute approximate surface area is 259 Å². The first-order chi connectivity index (χ1) is 21.0. The number of nitrogens with zero attached hydrogens (tertiary/aromatic N) is 5. The first kappa shape index (κ1) is 32.1. The predicted molar refractivity (Wildman–Crippen MR) is 155 cm³/mol. The van der Waals surface area contributed by atoms with Crippen molar-refractivity contribution >= 4 is 33.9 Å². The van der Waals surface area contributed by atoms with E-state index in [1.807, 2.05) is 13.0 Å². The maximum absolute atomic E-state index is 14.8. The summed E-state index contributed by atoms with van der Waals surface area (Å²) in [5, 5.41) is 40.3. The summed E-state index contributed by atoms with van der Waals surface area (Å²) in [5.74, 6) is -2.82. The third-order valence-corrected chi connectivity index (χ3v) is 8.52. The molecular formula is C29H32BrF2N5O7. The molecule has 2 aliphatic heterocycles. The molecule has 2 saturated heterocycles. The highest BCUT2D eigenvalue weighted by Gasteiger charge is 2.52. The lowest BCUT2D eigenvalue weighted by atomic mass is 9.91. The van der Waals surface area contributed by atoms with Crippen LogP contribution >= 0.6 is 15.9 Å². The van der Waals surface area contributed by atoms with E-state index in [-0.39, 0.29) is 29.9 Å². The molecule has 2 aliphatic rings. The Kier molecular flexibility index (Phi) is 9.44. The summed E-state index contributed by atoms with van der Waals surface area (Å²) >= 11 is 3.45. The third kappa shape index (κ3) is 5.87. The van der Waals surface area contributed by atoms with E-state index in [9.17, 15) is 33.7 Å². The van der Waals surface area contributed by atoms with Crippen molar-refractivity contribution in [3.05, 3.63) is 63.8 Å². The van der Waals surface area contributed by atoms with E-state index < -0.39 is 66.8 Å². The number of β-amino-alcohol motifs (C(OH)–C–C–N with tert-alkyl or cyclic N) is 1. The Balaban J connectivity index is 1.56. The van der Waals surface area contributed by atoms with Crippen LogP contribution in [0.2, 0.25) is 0 Å². The molecule has 236 valence electrons. The van der Waals surface area contributed by atoms with Gasteiger partial charge in [-0.1, -0.05) is 27.2 Å². The Hall–Kier alpha value is -3.34. The average molecular weight is 681 g/mol. The van der Waals surface area contributed by atoms with E-state index >= 15 is 0 Å². The number of benzene rings is 2. The third-order valence-electron chi connectivity index (χ3n) is 8.06. The highest BCUT2D eigenvalue weighted by Crippen LogP contribution is 2.36. The van der Waals surface area contributed by atoms with Crippen LogP contribution in [0.1, 0.15) is 17.2 Å². The number of aliphatic hydroxyl groups is 3. The zero-order valence-electron chi connectivity index (χ0n) is 24.0. The molecule has 2 aromatic carbocycles. The van der Waals surface area contributed by atoms with Gasteiger partial charge in [0.2, 0.25) is 6.41 Å². The van der Waals surface area contributed by atoms with Crippen LogP contribution in [0.25, 0.3) is 11.3 Å². The Bertz CT molecular complexity index is 1520. The van der Waals surface area contributed by atoms with Crippen molar-refractivity contribution in [2.75, 3.05) is 31.7 Å². The van der Waals surface area contributed by atoms with Crippen LogP contribution in [0.4, 0.5) is 14.5 Å². The highest BCUT2D eigenvalue weighted by atomic mass is 79.9. The molecule has 1 aromatic heterocycles. The minimum Gasteiger partial charge on any atom is -0.394 e. The van der Waals surface area contributed by atoms with Gasteiger partial charge in [0.05, 0.1) is 24.9 Å². The van der Waals surface area contributed by atoms with Gasteiger partial charge >= 0.3 is 0 Å². The fourth-order valence-electron chi connectivity index (χ4n) is 5.86. The summed E-state index contributed by atoms with van der Waals surface area (Å²) in [4.78, 5) is 28.7. The Morgan fingerprint density at radius 1 is 1.20 bits per heavy atom. The van der Waals surface area contributed by atoms with Gasteiger partial charge in [-0.05, 0) is 49.2 Å². The van der Waals surface area contributed by atoms with Crippen molar-refractivity contribution in [3.63, 3.8) is 0 Å². The molecule has 3 N–H and O–H groups in total. The smallest absolute Gasteiger partial charge is 0.259 e. The first-order valence-electron chi connectivity index (χ1n) is 13.8. The van der Waals surface area contributed by atoms with Crippen LogP contribution < -0.4 is 4.90 Å². The molecule has 3 aromatic rings. The van der Waals surface area contributed by atoms with E-state index in [1.54, 1.807) is 12.1 Å². The quantitative estimate of drug-likeness (QED) is 0.301. The van der Waals surface area contributed by atoms with E-state index in [2.05, 4.69) is 26.2 Å². The molecular weight excluding hydrogens is 648 g/mol. The minimum absolute atomic E-state index is 0.00264. The molecule has 3 heterocycles. The normalized spacial score (nSPS) is 27.0. The summed E-state index contributed by atoms with van der Waals surface area (Å²) in [5.41, 5.74) is 1.12. The molecule has 0 spiro atoms. The second-order valence-corrected chi connectivity index (χ2v) is 11.9. The summed E-state index contributed by atoms with van der Waals surface area (Å²) < 4.78 is 42.6. The molecule has 2 amide bonds. The monoisotopic (exact) mass is 679 g/mol. The van der Waals surface area contributed by atoms with E-state index in [0.717, 1.165) is 5.56 Å². The highest BCUT2D eigenvalue weighted by molar-refractivity contribution is 9.10. The summed E-state index contributed by atoms with van der Waals surface area (Å²) in [6, 6.07) is 5.96. The van der Waals surface area contributed by atoms with E-state index in [0.29, 0.717) is 16.6 Å². The topological polar surface area (TPSA) is 150 Å². The molecule has 5 unspecified atom stereocenters. The zero-order valence-corrected chi connectivity index (χ0v) is 25.6. The molecule has 0 radical (unpaired) electrons. The number of ether oxygens (including phenoxy) is 2. The maximum Gasteiger partial charge on any atom is 0.259 e. The Morgan fingerprint density at radius 3 is 2.59 bits per heavy atom. The van der Waals surface area contributed by atoms with Crippen LogP contribution in [0, 0.1) is 25.5 Å². The fraction of sp³-hybridized carbons (Fsp3) is 0.448. The lowest BCUT2D eigenvalue weighted by Crippen LogP contribution is -2.63. The number of carbonyl (C=O) groups is 2. The average Bonchev–Trinajstić information content (AvgIpc) is 3.62. The molecule has 5 rings (SSSR count). The van der Waals surface area contributed by atoms with Gasteiger partial charge in [-0.3, -0.25) is 9.59 Å². The van der Waals surface area contributed by atoms with Gasteiger partial charge in [-0.15, -0.1) is 5.10 Å². The second-order valence-electron chi connectivity index (χ2n) is 11.0. The van der Waals surface area contributed by atoms with Crippen molar-refractivity contribution in [1.82, 2.24) is 19.9 Å². The number of aryl methyl sites for hydroxylation is 2. The van der Waals surface area contributed by atoms with Crippen LogP contribution in [0.15, 0.2) is 41.0 Å². The summed E-state index contributed by atoms with van der Waals surface area (Å²) in [6.45, 7) is 2.61. The Morgan fingerprint density at radius 2 is 1.95 bits per heavy atom. The van der Waals surface area contributed by atoms with Crippen LogP contribution in [0.5, 0.6) is 0 Å². The lowest BCUT2D eigenvalue weighted by molar-refractivity contribution is -0.211. The van der Waals surface area contributed by atoms with Crippen LogP contribution in [0.3, 0.4) is 0 Å². The van der Waals surface area contributed by atoms with Gasteiger partial charge in [-0.25, -0.2) is 13.5 Å². The lowest BCUT2D eigenvalue weighted by Gasteiger charge is -2.45. The largest absolute Gasteiger partial charge is 0.394 e. The van der Waals surface area contributed by atoms with Crippen molar-refractivity contribution in [2.24, 2.45) is 0 Å². The maximum atomic E-state index is 14.8. The van der Waals surface area contributed by atoms with Gasteiger partial charge in [0.25, 0.3) is 5.91 Å². The number of amides is 2. The van der Waals surface area contributed by atoms with E-state index in [4.69, 9.17) is 9.47 Å². The predicted octanol–water partition coefficient (Wildman–Crippen LogP) is 1.51. The number of rotatable bonds is 8.